The molecule has 0 amide bonds. The minimum absolute atomic E-state index is 0.353. The summed E-state index contributed by atoms with van der Waals surface area (Å²) < 4.78 is 10.8. The van der Waals surface area contributed by atoms with Crippen molar-refractivity contribution in [1.29, 1.82) is 0 Å². The van der Waals surface area contributed by atoms with E-state index in [1.807, 2.05) is 6.07 Å². The lowest BCUT2D eigenvalue weighted by Gasteiger charge is -2.33. The van der Waals surface area contributed by atoms with E-state index in [0.717, 1.165) is 31.1 Å². The van der Waals surface area contributed by atoms with Crippen LogP contribution in [0.4, 0.5) is 0 Å². The quantitative estimate of drug-likeness (QED) is 0.895. The molecule has 1 atom stereocenters. The van der Waals surface area contributed by atoms with Gasteiger partial charge in [-0.1, -0.05) is 13.0 Å². The van der Waals surface area contributed by atoms with Gasteiger partial charge in [0.2, 0.25) is 6.79 Å². The van der Waals surface area contributed by atoms with Crippen molar-refractivity contribution in [2.45, 2.75) is 38.8 Å². The van der Waals surface area contributed by atoms with Gasteiger partial charge in [-0.15, -0.1) is 0 Å². The third-order valence-electron chi connectivity index (χ3n) is 4.03. The zero-order chi connectivity index (χ0) is 13.8. The molecule has 2 heterocycles. The molecule has 0 bridgehead atoms. The normalized spacial score (nSPS) is 22.1. The molecule has 1 fully saturated rings. The second kappa shape index (κ2) is 6.46. The first-order valence-corrected chi connectivity index (χ1v) is 7.69. The number of likely N-dealkylation sites (tertiary alicyclic amines) is 1. The lowest BCUT2D eigenvalue weighted by Crippen LogP contribution is -2.45. The van der Waals surface area contributed by atoms with Crippen molar-refractivity contribution in [3.63, 3.8) is 0 Å². The zero-order valence-corrected chi connectivity index (χ0v) is 12.2. The Balaban J connectivity index is 1.57. The molecule has 0 saturated carbocycles. The summed E-state index contributed by atoms with van der Waals surface area (Å²) in [5.41, 5.74) is 1.31. The number of nitrogens with zero attached hydrogens (tertiary/aromatic N) is 1. The highest BCUT2D eigenvalue weighted by Crippen LogP contribution is 2.33. The molecule has 0 aromatic heterocycles. The largest absolute Gasteiger partial charge is 0.454 e. The first-order chi connectivity index (χ1) is 9.85. The highest BCUT2D eigenvalue weighted by atomic mass is 16.7. The average molecular weight is 276 g/mol. The van der Waals surface area contributed by atoms with Crippen molar-refractivity contribution in [2.75, 3.05) is 26.4 Å². The maximum Gasteiger partial charge on any atom is 0.231 e. The number of nitrogens with one attached hydrogen (secondary N) is 1. The predicted molar refractivity (Wildman–Crippen MR) is 79.2 cm³/mol. The van der Waals surface area contributed by atoms with Crippen molar-refractivity contribution in [3.8, 4) is 11.5 Å². The van der Waals surface area contributed by atoms with Gasteiger partial charge in [-0.05, 0) is 50.0 Å². The molecule has 4 heteroatoms. The van der Waals surface area contributed by atoms with E-state index in [1.54, 1.807) is 0 Å². The summed E-state index contributed by atoms with van der Waals surface area (Å²) in [5, 5.41) is 3.64. The van der Waals surface area contributed by atoms with E-state index < -0.39 is 0 Å². The molecule has 1 aromatic carbocycles. The molecule has 1 aromatic rings. The Hall–Kier alpha value is -1.26. The zero-order valence-electron chi connectivity index (χ0n) is 12.2. The van der Waals surface area contributed by atoms with Crippen LogP contribution >= 0.6 is 0 Å². The molecule has 3 rings (SSSR count). The molecular weight excluding hydrogens is 252 g/mol. The third kappa shape index (κ3) is 3.25. The highest BCUT2D eigenvalue weighted by Gasteiger charge is 2.20. The number of ether oxygens (including phenoxy) is 2. The van der Waals surface area contributed by atoms with E-state index in [4.69, 9.17) is 9.47 Å². The van der Waals surface area contributed by atoms with E-state index in [9.17, 15) is 0 Å². The summed E-state index contributed by atoms with van der Waals surface area (Å²) >= 11 is 0. The number of hydrogen-bond donors (Lipinski definition) is 1. The van der Waals surface area contributed by atoms with Crippen LogP contribution in [-0.2, 0) is 6.54 Å². The van der Waals surface area contributed by atoms with Crippen molar-refractivity contribution in [3.05, 3.63) is 23.8 Å². The average Bonchev–Trinajstić information content (AvgIpc) is 2.93. The lowest BCUT2D eigenvalue weighted by molar-refractivity contribution is 0.173. The van der Waals surface area contributed by atoms with Crippen LogP contribution in [0.25, 0.3) is 0 Å². The summed E-state index contributed by atoms with van der Waals surface area (Å²) in [4.78, 5) is 2.54. The van der Waals surface area contributed by atoms with E-state index >= 15 is 0 Å². The smallest absolute Gasteiger partial charge is 0.231 e. The van der Waals surface area contributed by atoms with Gasteiger partial charge in [0.05, 0.1) is 0 Å². The molecule has 1 N–H and O–H groups in total. The van der Waals surface area contributed by atoms with Crippen LogP contribution in [0.3, 0.4) is 0 Å². The second-order valence-corrected chi connectivity index (χ2v) is 5.72. The van der Waals surface area contributed by atoms with Gasteiger partial charge in [-0.2, -0.15) is 0 Å². The molecule has 1 saturated heterocycles. The van der Waals surface area contributed by atoms with Crippen LogP contribution in [0.1, 0.15) is 31.7 Å². The molecule has 0 spiro atoms. The Morgan fingerprint density at radius 3 is 3.10 bits per heavy atom. The summed E-state index contributed by atoms with van der Waals surface area (Å²) in [5.74, 6) is 1.76. The molecule has 0 aliphatic carbocycles. The molecule has 0 radical (unpaired) electrons. The fraction of sp³-hybridized carbons (Fsp3) is 0.625. The topological polar surface area (TPSA) is 33.7 Å². The van der Waals surface area contributed by atoms with E-state index in [1.165, 1.54) is 31.4 Å². The Bertz CT molecular complexity index is 450. The van der Waals surface area contributed by atoms with E-state index in [-0.39, 0.29) is 0 Å². The van der Waals surface area contributed by atoms with Gasteiger partial charge in [0.1, 0.15) is 0 Å². The number of rotatable bonds is 5. The van der Waals surface area contributed by atoms with Crippen LogP contribution in [-0.4, -0.2) is 37.4 Å². The van der Waals surface area contributed by atoms with Gasteiger partial charge in [0.25, 0.3) is 0 Å². The first-order valence-electron chi connectivity index (χ1n) is 7.69. The van der Waals surface area contributed by atoms with Gasteiger partial charge in [0, 0.05) is 19.1 Å². The Morgan fingerprint density at radius 2 is 2.20 bits per heavy atom. The van der Waals surface area contributed by atoms with Crippen LogP contribution in [0.2, 0.25) is 0 Å². The van der Waals surface area contributed by atoms with Gasteiger partial charge in [0.15, 0.2) is 11.5 Å². The molecular formula is C16H24N2O2. The van der Waals surface area contributed by atoms with Crippen LogP contribution < -0.4 is 14.8 Å². The maximum absolute atomic E-state index is 5.45. The molecule has 4 nitrogen and oxygen atoms in total. The van der Waals surface area contributed by atoms with Gasteiger partial charge in [-0.3, -0.25) is 4.90 Å². The Morgan fingerprint density at radius 1 is 1.30 bits per heavy atom. The fourth-order valence-electron chi connectivity index (χ4n) is 3.01. The summed E-state index contributed by atoms with van der Waals surface area (Å²) in [6.45, 7) is 7.04. The monoisotopic (exact) mass is 276 g/mol. The van der Waals surface area contributed by atoms with Crippen LogP contribution in [0, 0.1) is 0 Å². The Labute approximate surface area is 121 Å². The fourth-order valence-corrected chi connectivity index (χ4v) is 3.01. The maximum atomic E-state index is 5.45. The number of hydrogen-bond acceptors (Lipinski definition) is 4. The molecule has 1 unspecified atom stereocenters. The minimum Gasteiger partial charge on any atom is -0.454 e. The number of fused-ring (bicyclic) bond motifs is 1. The molecule has 20 heavy (non-hydrogen) atoms. The van der Waals surface area contributed by atoms with Crippen molar-refractivity contribution >= 4 is 0 Å². The molecule has 2 aliphatic rings. The van der Waals surface area contributed by atoms with E-state index in [0.29, 0.717) is 12.8 Å². The number of benzene rings is 1. The second-order valence-electron chi connectivity index (χ2n) is 5.72. The van der Waals surface area contributed by atoms with Crippen molar-refractivity contribution < 1.29 is 9.47 Å². The van der Waals surface area contributed by atoms with Crippen LogP contribution in [0.5, 0.6) is 11.5 Å². The summed E-state index contributed by atoms with van der Waals surface area (Å²) in [6.07, 6.45) is 3.79. The van der Waals surface area contributed by atoms with Crippen molar-refractivity contribution in [2.24, 2.45) is 0 Å². The number of piperidine rings is 1. The van der Waals surface area contributed by atoms with Crippen molar-refractivity contribution in [1.82, 2.24) is 10.2 Å². The summed E-state index contributed by atoms with van der Waals surface area (Å²) in [7, 11) is 0. The van der Waals surface area contributed by atoms with Crippen LogP contribution in [0.15, 0.2) is 18.2 Å². The standard InChI is InChI=1S/C16H24N2O2/c1-2-7-17-14-4-3-8-18(11-14)10-13-5-6-15-16(9-13)20-12-19-15/h5-6,9,14,17H,2-4,7-8,10-12H2,1H3. The van der Waals surface area contributed by atoms with Gasteiger partial charge < -0.3 is 14.8 Å². The SMILES string of the molecule is CCCNC1CCCN(Cc2ccc3c(c2)OCO3)C1. The van der Waals surface area contributed by atoms with Gasteiger partial charge >= 0.3 is 0 Å². The summed E-state index contributed by atoms with van der Waals surface area (Å²) in [6, 6.07) is 6.94. The van der Waals surface area contributed by atoms with E-state index in [2.05, 4.69) is 29.3 Å². The lowest BCUT2D eigenvalue weighted by atomic mass is 10.0. The highest BCUT2D eigenvalue weighted by molar-refractivity contribution is 5.44. The molecule has 110 valence electrons. The third-order valence-corrected chi connectivity index (χ3v) is 4.03. The molecule has 2 aliphatic heterocycles. The Kier molecular flexibility index (Phi) is 4.43. The minimum atomic E-state index is 0.353. The van der Waals surface area contributed by atoms with Gasteiger partial charge in [-0.25, -0.2) is 0 Å². The predicted octanol–water partition coefficient (Wildman–Crippen LogP) is 2.38. The first kappa shape index (κ1) is 13.7.